The molecule has 0 aromatic rings. The second kappa shape index (κ2) is 9.56. The van der Waals surface area contributed by atoms with E-state index in [1.165, 1.54) is 6.08 Å². The van der Waals surface area contributed by atoms with Crippen molar-refractivity contribution in [2.24, 2.45) is 0 Å². The van der Waals surface area contributed by atoms with Crippen molar-refractivity contribution in [2.45, 2.75) is 6.92 Å². The first-order valence-electron chi connectivity index (χ1n) is 4.36. The summed E-state index contributed by atoms with van der Waals surface area (Å²) in [6.07, 6.45) is 11.3. The van der Waals surface area contributed by atoms with Gasteiger partial charge in [0, 0.05) is 6.08 Å². The van der Waals surface area contributed by atoms with Crippen LogP contribution in [0.2, 0.25) is 0 Å². The lowest BCUT2D eigenvalue weighted by molar-refractivity contribution is -0.137. The zero-order valence-electron chi connectivity index (χ0n) is 8.32. The number of rotatable bonds is 5. The van der Waals surface area contributed by atoms with Gasteiger partial charge in [0.15, 0.2) is 0 Å². The standard InChI is InChI=1S/C11H12Cl2O2/c1-2-15-11(14)9-7-5-3-4-6-8-10(12)13/h3-9H,2H2,1H3. The lowest BCUT2D eigenvalue weighted by Gasteiger charge is -1.92. The smallest absolute Gasteiger partial charge is 0.330 e. The van der Waals surface area contributed by atoms with E-state index in [2.05, 4.69) is 4.74 Å². The molecule has 0 spiro atoms. The second-order valence-electron chi connectivity index (χ2n) is 2.34. The molecule has 0 aromatic heterocycles. The van der Waals surface area contributed by atoms with Gasteiger partial charge in [-0.05, 0) is 13.0 Å². The van der Waals surface area contributed by atoms with Crippen LogP contribution in [0.1, 0.15) is 6.92 Å². The highest BCUT2D eigenvalue weighted by molar-refractivity contribution is 6.55. The zero-order valence-corrected chi connectivity index (χ0v) is 9.83. The molecule has 0 fully saturated rings. The van der Waals surface area contributed by atoms with Gasteiger partial charge in [-0.2, -0.15) is 0 Å². The van der Waals surface area contributed by atoms with Crippen molar-refractivity contribution in [1.82, 2.24) is 0 Å². The SMILES string of the molecule is CCOC(=O)C=CC=CC=CC=C(Cl)Cl. The fourth-order valence-corrected chi connectivity index (χ4v) is 0.791. The van der Waals surface area contributed by atoms with E-state index in [-0.39, 0.29) is 10.5 Å². The van der Waals surface area contributed by atoms with Crippen molar-refractivity contribution in [3.05, 3.63) is 47.0 Å². The van der Waals surface area contributed by atoms with Gasteiger partial charge in [-0.3, -0.25) is 0 Å². The van der Waals surface area contributed by atoms with Gasteiger partial charge in [0.25, 0.3) is 0 Å². The van der Waals surface area contributed by atoms with E-state index >= 15 is 0 Å². The predicted octanol–water partition coefficient (Wildman–Crippen LogP) is 3.54. The quantitative estimate of drug-likeness (QED) is 0.422. The summed E-state index contributed by atoms with van der Waals surface area (Å²) in [7, 11) is 0. The maximum Gasteiger partial charge on any atom is 0.330 e. The highest BCUT2D eigenvalue weighted by atomic mass is 35.5. The zero-order chi connectivity index (χ0) is 11.5. The maximum absolute atomic E-state index is 10.8. The molecule has 0 bridgehead atoms. The summed E-state index contributed by atoms with van der Waals surface area (Å²) in [6.45, 7) is 2.14. The first-order valence-corrected chi connectivity index (χ1v) is 5.12. The highest BCUT2D eigenvalue weighted by Gasteiger charge is 1.89. The van der Waals surface area contributed by atoms with E-state index in [4.69, 9.17) is 23.2 Å². The molecule has 15 heavy (non-hydrogen) atoms. The highest BCUT2D eigenvalue weighted by Crippen LogP contribution is 2.05. The number of hydrogen-bond donors (Lipinski definition) is 0. The second-order valence-corrected chi connectivity index (χ2v) is 3.35. The lowest BCUT2D eigenvalue weighted by Crippen LogP contribution is -1.98. The fourth-order valence-electron chi connectivity index (χ4n) is 0.645. The average Bonchev–Trinajstić information content (AvgIpc) is 2.16. The number of ether oxygens (including phenoxy) is 1. The number of halogens is 2. The van der Waals surface area contributed by atoms with E-state index in [0.29, 0.717) is 6.61 Å². The van der Waals surface area contributed by atoms with E-state index in [1.54, 1.807) is 43.4 Å². The van der Waals surface area contributed by atoms with Crippen LogP contribution in [0.3, 0.4) is 0 Å². The number of esters is 1. The van der Waals surface area contributed by atoms with Crippen LogP contribution >= 0.6 is 23.2 Å². The van der Waals surface area contributed by atoms with Gasteiger partial charge < -0.3 is 4.74 Å². The van der Waals surface area contributed by atoms with Crippen molar-refractivity contribution in [3.8, 4) is 0 Å². The maximum atomic E-state index is 10.8. The molecule has 0 heterocycles. The van der Waals surface area contributed by atoms with Crippen molar-refractivity contribution in [3.63, 3.8) is 0 Å². The van der Waals surface area contributed by atoms with Crippen LogP contribution in [0.25, 0.3) is 0 Å². The van der Waals surface area contributed by atoms with Crippen molar-refractivity contribution >= 4 is 29.2 Å². The fraction of sp³-hybridized carbons (Fsp3) is 0.182. The van der Waals surface area contributed by atoms with Crippen LogP contribution in [0.15, 0.2) is 47.0 Å². The van der Waals surface area contributed by atoms with E-state index in [9.17, 15) is 4.79 Å². The molecule has 0 N–H and O–H groups in total. The Balaban J connectivity index is 3.85. The number of carbonyl (C=O) groups excluding carboxylic acids is 1. The molecule has 4 heteroatoms. The monoisotopic (exact) mass is 246 g/mol. The summed E-state index contributed by atoms with van der Waals surface area (Å²) in [5, 5.41) is 0. The Morgan fingerprint density at radius 3 is 2.33 bits per heavy atom. The molecule has 0 saturated carbocycles. The summed E-state index contributed by atoms with van der Waals surface area (Å²) >= 11 is 10.7. The third-order valence-electron chi connectivity index (χ3n) is 1.19. The van der Waals surface area contributed by atoms with Crippen LogP contribution < -0.4 is 0 Å². The molecule has 0 amide bonds. The Kier molecular flexibility index (Phi) is 8.93. The third-order valence-corrected chi connectivity index (χ3v) is 1.44. The lowest BCUT2D eigenvalue weighted by atomic mass is 10.4. The van der Waals surface area contributed by atoms with Crippen LogP contribution in [0.5, 0.6) is 0 Å². The summed E-state index contributed by atoms with van der Waals surface area (Å²) < 4.78 is 4.88. The minimum absolute atomic E-state index is 0.196. The van der Waals surface area contributed by atoms with Crippen molar-refractivity contribution in [1.29, 1.82) is 0 Å². The molecule has 0 rings (SSSR count). The molecule has 0 atom stereocenters. The van der Waals surface area contributed by atoms with Crippen LogP contribution in [0, 0.1) is 0 Å². The Hall–Kier alpha value is -0.990. The largest absolute Gasteiger partial charge is 0.463 e. The van der Waals surface area contributed by atoms with Gasteiger partial charge in [0.2, 0.25) is 0 Å². The predicted molar refractivity (Wildman–Crippen MR) is 63.8 cm³/mol. The minimum atomic E-state index is -0.352. The molecule has 0 aromatic carbocycles. The molecule has 0 radical (unpaired) electrons. The van der Waals surface area contributed by atoms with Gasteiger partial charge in [-0.25, -0.2) is 4.79 Å². The molecule has 82 valence electrons. The Bertz CT molecular complexity index is 298. The van der Waals surface area contributed by atoms with Crippen molar-refractivity contribution in [2.75, 3.05) is 6.61 Å². The normalized spacial score (nSPS) is 11.4. The number of hydrogen-bond acceptors (Lipinski definition) is 2. The Labute approximate surface area is 99.5 Å². The van der Waals surface area contributed by atoms with Crippen LogP contribution in [-0.2, 0) is 9.53 Å². The van der Waals surface area contributed by atoms with Crippen LogP contribution in [0.4, 0.5) is 0 Å². The molecule has 0 aliphatic heterocycles. The molecular formula is C11H12Cl2O2. The van der Waals surface area contributed by atoms with Gasteiger partial charge >= 0.3 is 5.97 Å². The first kappa shape index (κ1) is 14.0. The summed E-state index contributed by atoms with van der Waals surface area (Å²) in [6, 6.07) is 0. The van der Waals surface area contributed by atoms with Crippen LogP contribution in [-0.4, -0.2) is 12.6 Å². The summed E-state index contributed by atoms with van der Waals surface area (Å²) in [4.78, 5) is 10.8. The van der Waals surface area contributed by atoms with Gasteiger partial charge in [-0.15, -0.1) is 0 Å². The van der Waals surface area contributed by atoms with Gasteiger partial charge in [-0.1, -0.05) is 53.6 Å². The Morgan fingerprint density at radius 2 is 1.73 bits per heavy atom. The van der Waals surface area contributed by atoms with Gasteiger partial charge in [0.05, 0.1) is 6.61 Å². The third kappa shape index (κ3) is 10.9. The Morgan fingerprint density at radius 1 is 1.13 bits per heavy atom. The first-order chi connectivity index (χ1) is 7.16. The molecular weight excluding hydrogens is 235 g/mol. The number of carbonyl (C=O) groups is 1. The minimum Gasteiger partial charge on any atom is -0.463 e. The van der Waals surface area contributed by atoms with E-state index < -0.39 is 0 Å². The summed E-state index contributed by atoms with van der Waals surface area (Å²) in [5.41, 5.74) is 0. The number of allylic oxidation sites excluding steroid dienone is 6. The summed E-state index contributed by atoms with van der Waals surface area (Å²) in [5.74, 6) is -0.352. The topological polar surface area (TPSA) is 26.3 Å². The molecule has 0 aliphatic carbocycles. The molecule has 0 aliphatic rings. The molecule has 0 unspecified atom stereocenters. The average molecular weight is 247 g/mol. The van der Waals surface area contributed by atoms with Crippen molar-refractivity contribution < 1.29 is 9.53 Å². The van der Waals surface area contributed by atoms with E-state index in [0.717, 1.165) is 0 Å². The molecule has 0 saturated heterocycles. The molecule has 2 nitrogen and oxygen atoms in total. The van der Waals surface area contributed by atoms with E-state index in [1.807, 2.05) is 0 Å². The van der Waals surface area contributed by atoms with Gasteiger partial charge in [0.1, 0.15) is 4.49 Å².